The highest BCUT2D eigenvalue weighted by Gasteiger charge is 2.36. The van der Waals surface area contributed by atoms with Crippen molar-refractivity contribution >= 4 is 27.8 Å². The molecule has 1 atom stereocenters. The van der Waals surface area contributed by atoms with Gasteiger partial charge in [0.1, 0.15) is 0 Å². The zero-order valence-corrected chi connectivity index (χ0v) is 12.7. The van der Waals surface area contributed by atoms with Crippen molar-refractivity contribution < 1.29 is 4.79 Å². The summed E-state index contributed by atoms with van der Waals surface area (Å²) in [4.78, 5) is 12.5. The summed E-state index contributed by atoms with van der Waals surface area (Å²) in [5, 5.41) is 0. The standard InChI is InChI=1S/C17H19BrO/c18-15-7-3-4-12(11-15)10-14-8-9-16(17(14)19)13-5-1-2-6-13/h3-4,7,10-11,13,16H,1-2,5-6,8-9H2/b14-10+/t16-/m1/s1. The number of rotatable bonds is 2. The predicted octanol–water partition coefficient (Wildman–Crippen LogP) is 5.00. The van der Waals surface area contributed by atoms with Gasteiger partial charge in [0.15, 0.2) is 5.78 Å². The molecule has 0 aromatic heterocycles. The van der Waals surface area contributed by atoms with Gasteiger partial charge < -0.3 is 0 Å². The molecule has 1 aromatic carbocycles. The van der Waals surface area contributed by atoms with Gasteiger partial charge >= 0.3 is 0 Å². The summed E-state index contributed by atoms with van der Waals surface area (Å²) in [7, 11) is 0. The summed E-state index contributed by atoms with van der Waals surface area (Å²) in [5.41, 5.74) is 2.17. The highest BCUT2D eigenvalue weighted by atomic mass is 79.9. The Bertz CT molecular complexity index is 512. The molecule has 2 aliphatic carbocycles. The fourth-order valence-electron chi connectivity index (χ4n) is 3.55. The molecule has 0 heterocycles. The first-order valence-electron chi connectivity index (χ1n) is 7.24. The number of benzene rings is 1. The smallest absolute Gasteiger partial charge is 0.162 e. The Morgan fingerprint density at radius 3 is 2.68 bits per heavy atom. The topological polar surface area (TPSA) is 17.1 Å². The predicted molar refractivity (Wildman–Crippen MR) is 81.8 cm³/mol. The lowest BCUT2D eigenvalue weighted by molar-refractivity contribution is -0.119. The first-order valence-corrected chi connectivity index (χ1v) is 8.04. The minimum atomic E-state index is 0.320. The number of ketones is 1. The van der Waals surface area contributed by atoms with Gasteiger partial charge in [0.2, 0.25) is 0 Å². The van der Waals surface area contributed by atoms with E-state index < -0.39 is 0 Å². The van der Waals surface area contributed by atoms with E-state index in [4.69, 9.17) is 0 Å². The van der Waals surface area contributed by atoms with Gasteiger partial charge in [-0.2, -0.15) is 0 Å². The van der Waals surface area contributed by atoms with E-state index in [1.807, 2.05) is 12.1 Å². The van der Waals surface area contributed by atoms with Crippen LogP contribution in [0.4, 0.5) is 0 Å². The summed E-state index contributed by atoms with van der Waals surface area (Å²) in [6.07, 6.45) is 9.29. The van der Waals surface area contributed by atoms with E-state index in [-0.39, 0.29) is 0 Å². The van der Waals surface area contributed by atoms with Crippen LogP contribution in [0, 0.1) is 11.8 Å². The Morgan fingerprint density at radius 2 is 1.95 bits per heavy atom. The lowest BCUT2D eigenvalue weighted by Gasteiger charge is -2.15. The number of Topliss-reactive ketones (excluding diaryl/α,β-unsaturated/α-hetero) is 1. The number of hydrogen-bond donors (Lipinski definition) is 0. The number of carbonyl (C=O) groups is 1. The van der Waals surface area contributed by atoms with Gasteiger partial charge in [0, 0.05) is 10.4 Å². The molecule has 3 rings (SSSR count). The van der Waals surface area contributed by atoms with E-state index in [1.165, 1.54) is 25.7 Å². The van der Waals surface area contributed by atoms with E-state index in [2.05, 4.69) is 34.1 Å². The van der Waals surface area contributed by atoms with Crippen molar-refractivity contribution in [3.8, 4) is 0 Å². The Labute approximate surface area is 123 Å². The van der Waals surface area contributed by atoms with Crippen LogP contribution in [0.25, 0.3) is 6.08 Å². The van der Waals surface area contributed by atoms with Crippen LogP contribution < -0.4 is 0 Å². The van der Waals surface area contributed by atoms with E-state index in [0.717, 1.165) is 28.5 Å². The maximum atomic E-state index is 12.5. The van der Waals surface area contributed by atoms with Gasteiger partial charge in [-0.25, -0.2) is 0 Å². The lowest BCUT2D eigenvalue weighted by Crippen LogP contribution is -2.16. The second-order valence-electron chi connectivity index (χ2n) is 5.78. The van der Waals surface area contributed by atoms with Crippen molar-refractivity contribution in [3.63, 3.8) is 0 Å². The monoisotopic (exact) mass is 318 g/mol. The number of carbonyl (C=O) groups excluding carboxylic acids is 1. The first-order chi connectivity index (χ1) is 9.24. The third-order valence-electron chi connectivity index (χ3n) is 4.54. The van der Waals surface area contributed by atoms with Crippen LogP contribution in [-0.2, 0) is 4.79 Å². The second kappa shape index (κ2) is 5.62. The summed E-state index contributed by atoms with van der Waals surface area (Å²) < 4.78 is 1.07. The molecule has 0 bridgehead atoms. The van der Waals surface area contributed by atoms with Crippen molar-refractivity contribution in [3.05, 3.63) is 39.9 Å². The molecule has 0 N–H and O–H groups in total. The van der Waals surface area contributed by atoms with Crippen molar-refractivity contribution in [2.45, 2.75) is 38.5 Å². The summed E-state index contributed by atoms with van der Waals surface area (Å²) in [6, 6.07) is 8.17. The maximum absolute atomic E-state index is 12.5. The van der Waals surface area contributed by atoms with Gasteiger partial charge in [-0.3, -0.25) is 4.79 Å². The molecule has 19 heavy (non-hydrogen) atoms. The molecule has 0 spiro atoms. The zero-order valence-electron chi connectivity index (χ0n) is 11.1. The third-order valence-corrected chi connectivity index (χ3v) is 5.03. The van der Waals surface area contributed by atoms with Crippen LogP contribution in [-0.4, -0.2) is 5.78 Å². The van der Waals surface area contributed by atoms with Crippen molar-refractivity contribution in [2.24, 2.45) is 11.8 Å². The summed E-state index contributed by atoms with van der Waals surface area (Å²) in [6.45, 7) is 0. The third kappa shape index (κ3) is 2.84. The summed E-state index contributed by atoms with van der Waals surface area (Å²) in [5.74, 6) is 1.41. The van der Waals surface area contributed by atoms with Gasteiger partial charge in [0.05, 0.1) is 0 Å². The highest BCUT2D eigenvalue weighted by molar-refractivity contribution is 9.10. The fourth-order valence-corrected chi connectivity index (χ4v) is 3.97. The SMILES string of the molecule is O=C1/C(=C/c2cccc(Br)c2)CC[C@@H]1C1CCCC1. The number of halogens is 1. The lowest BCUT2D eigenvalue weighted by atomic mass is 9.88. The molecule has 0 aliphatic heterocycles. The van der Waals surface area contributed by atoms with Crippen molar-refractivity contribution in [2.75, 3.05) is 0 Å². The van der Waals surface area contributed by atoms with E-state index in [0.29, 0.717) is 17.6 Å². The minimum absolute atomic E-state index is 0.320. The van der Waals surface area contributed by atoms with Crippen LogP contribution in [0.15, 0.2) is 34.3 Å². The second-order valence-corrected chi connectivity index (χ2v) is 6.69. The van der Waals surface area contributed by atoms with Gasteiger partial charge in [-0.15, -0.1) is 0 Å². The van der Waals surface area contributed by atoms with E-state index in [1.54, 1.807) is 0 Å². The number of hydrogen-bond acceptors (Lipinski definition) is 1. The normalized spacial score (nSPS) is 26.5. The zero-order chi connectivity index (χ0) is 13.2. The average Bonchev–Trinajstić information content (AvgIpc) is 3.01. The van der Waals surface area contributed by atoms with Crippen LogP contribution in [0.1, 0.15) is 44.1 Å². The molecule has 2 aliphatic rings. The van der Waals surface area contributed by atoms with Crippen molar-refractivity contribution in [1.29, 1.82) is 0 Å². The fraction of sp³-hybridized carbons (Fsp3) is 0.471. The van der Waals surface area contributed by atoms with Crippen molar-refractivity contribution in [1.82, 2.24) is 0 Å². The minimum Gasteiger partial charge on any atom is -0.294 e. The Hall–Kier alpha value is -0.890. The van der Waals surface area contributed by atoms with Crippen LogP contribution >= 0.6 is 15.9 Å². The molecule has 0 amide bonds. The molecule has 0 radical (unpaired) electrons. The number of allylic oxidation sites excluding steroid dienone is 1. The average molecular weight is 319 g/mol. The molecule has 1 aromatic rings. The van der Waals surface area contributed by atoms with Crippen LogP contribution in [0.3, 0.4) is 0 Å². The molecular weight excluding hydrogens is 300 g/mol. The molecule has 2 heteroatoms. The van der Waals surface area contributed by atoms with Crippen LogP contribution in [0.2, 0.25) is 0 Å². The van der Waals surface area contributed by atoms with E-state index in [9.17, 15) is 4.79 Å². The molecule has 2 fully saturated rings. The van der Waals surface area contributed by atoms with Gasteiger partial charge in [0.25, 0.3) is 0 Å². The maximum Gasteiger partial charge on any atom is 0.162 e. The Morgan fingerprint density at radius 1 is 1.16 bits per heavy atom. The largest absolute Gasteiger partial charge is 0.294 e. The van der Waals surface area contributed by atoms with Gasteiger partial charge in [-0.1, -0.05) is 40.9 Å². The molecular formula is C17H19BrO. The van der Waals surface area contributed by atoms with Crippen LogP contribution in [0.5, 0.6) is 0 Å². The molecule has 0 saturated heterocycles. The summed E-state index contributed by atoms with van der Waals surface area (Å²) >= 11 is 3.48. The Kier molecular flexibility index (Phi) is 3.88. The van der Waals surface area contributed by atoms with Gasteiger partial charge in [-0.05, 0) is 60.9 Å². The highest BCUT2D eigenvalue weighted by Crippen LogP contribution is 2.40. The molecule has 100 valence electrons. The van der Waals surface area contributed by atoms with E-state index >= 15 is 0 Å². The first kappa shape index (κ1) is 13.1. The molecule has 1 nitrogen and oxygen atoms in total. The quantitative estimate of drug-likeness (QED) is 0.701. The molecule has 0 unspecified atom stereocenters. The molecule has 2 saturated carbocycles. The Balaban J connectivity index is 1.77.